The topological polar surface area (TPSA) is 66.5 Å². The number of sulfonamides is 1. The molecular formula is C16H26N2O3S. The fraction of sp³-hybridized carbons (Fsp3) is 0.562. The van der Waals surface area contributed by atoms with Gasteiger partial charge in [0.25, 0.3) is 0 Å². The Bertz CT molecular complexity index is 619. The molecule has 0 aromatic heterocycles. The van der Waals surface area contributed by atoms with Gasteiger partial charge in [-0.3, -0.25) is 4.79 Å². The minimum atomic E-state index is -3.30. The van der Waals surface area contributed by atoms with Crippen molar-refractivity contribution in [3.05, 3.63) is 35.4 Å². The first-order valence-electron chi connectivity index (χ1n) is 7.31. The van der Waals surface area contributed by atoms with E-state index in [1.54, 1.807) is 0 Å². The lowest BCUT2D eigenvalue weighted by molar-refractivity contribution is -0.120. The highest BCUT2D eigenvalue weighted by molar-refractivity contribution is 7.88. The highest BCUT2D eigenvalue weighted by atomic mass is 32.2. The molecule has 0 radical (unpaired) electrons. The highest BCUT2D eigenvalue weighted by Gasteiger charge is 2.28. The summed E-state index contributed by atoms with van der Waals surface area (Å²) in [5.41, 5.74) is 1.55. The van der Waals surface area contributed by atoms with E-state index in [4.69, 9.17) is 0 Å². The summed E-state index contributed by atoms with van der Waals surface area (Å²) < 4.78 is 25.0. The van der Waals surface area contributed by atoms with Crippen molar-refractivity contribution in [2.24, 2.45) is 0 Å². The number of benzene rings is 1. The minimum absolute atomic E-state index is 0.100. The molecule has 0 fully saturated rings. The molecule has 0 saturated heterocycles. The minimum Gasteiger partial charge on any atom is -0.354 e. The van der Waals surface area contributed by atoms with Gasteiger partial charge in [0.15, 0.2) is 0 Å². The summed E-state index contributed by atoms with van der Waals surface area (Å²) in [4.78, 5) is 12.0. The molecule has 0 atom stereocenters. The molecule has 22 heavy (non-hydrogen) atoms. The highest BCUT2D eigenvalue weighted by Crippen LogP contribution is 2.16. The number of aryl methyl sites for hydroxylation is 1. The largest absolute Gasteiger partial charge is 0.354 e. The van der Waals surface area contributed by atoms with Crippen molar-refractivity contribution in [1.82, 2.24) is 9.62 Å². The summed E-state index contributed by atoms with van der Waals surface area (Å²) in [7, 11) is -3.30. The summed E-state index contributed by atoms with van der Waals surface area (Å²) in [6, 6.07) is 7.73. The van der Waals surface area contributed by atoms with E-state index in [0.29, 0.717) is 13.0 Å². The van der Waals surface area contributed by atoms with Crippen LogP contribution in [0.2, 0.25) is 0 Å². The van der Waals surface area contributed by atoms with Crippen LogP contribution in [0, 0.1) is 6.92 Å². The van der Waals surface area contributed by atoms with Gasteiger partial charge in [0.2, 0.25) is 15.9 Å². The monoisotopic (exact) mass is 326 g/mol. The molecule has 1 N–H and O–H groups in total. The quantitative estimate of drug-likeness (QED) is 0.865. The van der Waals surface area contributed by atoms with Crippen LogP contribution in [0.5, 0.6) is 0 Å². The number of rotatable bonds is 6. The maximum atomic E-state index is 12.0. The van der Waals surface area contributed by atoms with Crippen LogP contribution in [0.3, 0.4) is 0 Å². The van der Waals surface area contributed by atoms with Gasteiger partial charge in [-0.15, -0.1) is 0 Å². The van der Waals surface area contributed by atoms with Gasteiger partial charge in [-0.25, -0.2) is 8.42 Å². The zero-order chi connectivity index (χ0) is 17.0. The van der Waals surface area contributed by atoms with Crippen LogP contribution in [0.4, 0.5) is 0 Å². The molecule has 0 unspecified atom stereocenters. The predicted molar refractivity (Wildman–Crippen MR) is 89.2 cm³/mol. The fourth-order valence-corrected chi connectivity index (χ4v) is 3.76. The molecule has 0 aliphatic heterocycles. The summed E-state index contributed by atoms with van der Waals surface area (Å²) in [5, 5.41) is 2.79. The van der Waals surface area contributed by atoms with Crippen molar-refractivity contribution >= 4 is 15.9 Å². The standard InChI is InChI=1S/C16H26N2O3S/c1-13-8-6-7-9-14(13)12-15(19)17-10-11-18(16(2,3)4)22(5,20)21/h6-9H,10-12H2,1-5H3,(H,17,19). The zero-order valence-corrected chi connectivity index (χ0v) is 14.8. The average Bonchev–Trinajstić information content (AvgIpc) is 2.34. The van der Waals surface area contributed by atoms with E-state index in [-0.39, 0.29) is 12.5 Å². The van der Waals surface area contributed by atoms with E-state index in [9.17, 15) is 13.2 Å². The molecule has 0 aliphatic rings. The van der Waals surface area contributed by atoms with E-state index >= 15 is 0 Å². The second kappa shape index (κ2) is 7.24. The zero-order valence-electron chi connectivity index (χ0n) is 14.0. The Balaban J connectivity index is 2.56. The van der Waals surface area contributed by atoms with Crippen LogP contribution in [0.1, 0.15) is 31.9 Å². The van der Waals surface area contributed by atoms with Crippen molar-refractivity contribution in [1.29, 1.82) is 0 Å². The van der Waals surface area contributed by atoms with Gasteiger partial charge in [0.1, 0.15) is 0 Å². The smallest absolute Gasteiger partial charge is 0.224 e. The third-order valence-electron chi connectivity index (χ3n) is 3.40. The van der Waals surface area contributed by atoms with Crippen LogP contribution in [0.25, 0.3) is 0 Å². The van der Waals surface area contributed by atoms with Crippen molar-refractivity contribution in [2.75, 3.05) is 19.3 Å². The van der Waals surface area contributed by atoms with Gasteiger partial charge in [-0.05, 0) is 38.8 Å². The molecule has 0 heterocycles. The molecule has 124 valence electrons. The van der Waals surface area contributed by atoms with E-state index in [1.807, 2.05) is 52.0 Å². The van der Waals surface area contributed by atoms with E-state index in [0.717, 1.165) is 11.1 Å². The van der Waals surface area contributed by atoms with Gasteiger partial charge < -0.3 is 5.32 Å². The van der Waals surface area contributed by atoms with E-state index in [2.05, 4.69) is 5.32 Å². The number of nitrogens with zero attached hydrogens (tertiary/aromatic N) is 1. The first-order chi connectivity index (χ1) is 10.0. The first kappa shape index (κ1) is 18.6. The lowest BCUT2D eigenvalue weighted by Crippen LogP contribution is -2.48. The molecule has 6 heteroatoms. The molecular weight excluding hydrogens is 300 g/mol. The van der Waals surface area contributed by atoms with Crippen molar-refractivity contribution in [3.8, 4) is 0 Å². The fourth-order valence-electron chi connectivity index (χ4n) is 2.34. The summed E-state index contributed by atoms with van der Waals surface area (Å²) in [5.74, 6) is -0.100. The van der Waals surface area contributed by atoms with Gasteiger partial charge in [0, 0.05) is 18.6 Å². The van der Waals surface area contributed by atoms with E-state index in [1.165, 1.54) is 10.6 Å². The van der Waals surface area contributed by atoms with Crippen molar-refractivity contribution in [3.63, 3.8) is 0 Å². The third-order valence-corrected chi connectivity index (χ3v) is 4.93. The first-order valence-corrected chi connectivity index (χ1v) is 9.15. The Hall–Kier alpha value is -1.40. The molecule has 1 aromatic rings. The molecule has 0 bridgehead atoms. The Morgan fingerprint density at radius 2 is 1.82 bits per heavy atom. The maximum absolute atomic E-state index is 12.0. The summed E-state index contributed by atoms with van der Waals surface area (Å²) in [6.45, 7) is 8.04. The maximum Gasteiger partial charge on any atom is 0.224 e. The van der Waals surface area contributed by atoms with Crippen molar-refractivity contribution in [2.45, 2.75) is 39.7 Å². The molecule has 5 nitrogen and oxygen atoms in total. The number of carbonyl (C=O) groups excluding carboxylic acids is 1. The number of hydrogen-bond acceptors (Lipinski definition) is 3. The Morgan fingerprint density at radius 1 is 1.23 bits per heavy atom. The van der Waals surface area contributed by atoms with Crippen LogP contribution in [-0.4, -0.2) is 43.5 Å². The summed E-state index contributed by atoms with van der Waals surface area (Å²) in [6.07, 6.45) is 1.49. The van der Waals surface area contributed by atoms with Gasteiger partial charge in [-0.2, -0.15) is 4.31 Å². The van der Waals surface area contributed by atoms with Crippen LogP contribution in [0.15, 0.2) is 24.3 Å². The number of nitrogens with one attached hydrogen (secondary N) is 1. The number of amides is 1. The Morgan fingerprint density at radius 3 is 2.32 bits per heavy atom. The molecule has 0 spiro atoms. The second-order valence-electron chi connectivity index (χ2n) is 6.46. The second-order valence-corrected chi connectivity index (χ2v) is 8.37. The molecule has 0 saturated carbocycles. The van der Waals surface area contributed by atoms with E-state index < -0.39 is 15.6 Å². The molecule has 0 aliphatic carbocycles. The van der Waals surface area contributed by atoms with Gasteiger partial charge in [-0.1, -0.05) is 24.3 Å². The Labute approximate surface area is 133 Å². The average molecular weight is 326 g/mol. The SMILES string of the molecule is Cc1ccccc1CC(=O)NCCN(C(C)(C)C)S(C)(=O)=O. The van der Waals surface area contributed by atoms with Crippen LogP contribution in [-0.2, 0) is 21.2 Å². The van der Waals surface area contributed by atoms with Crippen LogP contribution < -0.4 is 5.32 Å². The Kier molecular flexibility index (Phi) is 6.14. The van der Waals surface area contributed by atoms with Crippen molar-refractivity contribution < 1.29 is 13.2 Å². The molecule has 1 aromatic carbocycles. The third kappa shape index (κ3) is 5.77. The molecule has 1 rings (SSSR count). The lowest BCUT2D eigenvalue weighted by Gasteiger charge is -2.33. The van der Waals surface area contributed by atoms with Gasteiger partial charge >= 0.3 is 0 Å². The summed E-state index contributed by atoms with van der Waals surface area (Å²) >= 11 is 0. The predicted octanol–water partition coefficient (Wildman–Crippen LogP) is 1.71. The molecule has 1 amide bonds. The number of hydrogen-bond donors (Lipinski definition) is 1. The van der Waals surface area contributed by atoms with Crippen LogP contribution >= 0.6 is 0 Å². The normalized spacial score (nSPS) is 12.5. The number of carbonyl (C=O) groups is 1. The lowest BCUT2D eigenvalue weighted by atomic mass is 10.1. The van der Waals surface area contributed by atoms with Gasteiger partial charge in [0.05, 0.1) is 12.7 Å².